The van der Waals surface area contributed by atoms with E-state index >= 15 is 0 Å². The molecular weight excluding hydrogens is 262 g/mol. The first-order chi connectivity index (χ1) is 9.24. The van der Waals surface area contributed by atoms with Gasteiger partial charge in [0.2, 0.25) is 5.95 Å². The van der Waals surface area contributed by atoms with Crippen LogP contribution in [0.2, 0.25) is 5.02 Å². The molecule has 2 heterocycles. The van der Waals surface area contributed by atoms with Gasteiger partial charge in [-0.2, -0.15) is 4.98 Å². The molecule has 0 unspecified atom stereocenters. The highest BCUT2D eigenvalue weighted by molar-refractivity contribution is 6.33. The number of fused-ring (bicyclic) bond motifs is 1. The molecule has 0 bridgehead atoms. The lowest BCUT2D eigenvalue weighted by Gasteiger charge is -2.20. The highest BCUT2D eigenvalue weighted by atomic mass is 35.5. The van der Waals surface area contributed by atoms with Gasteiger partial charge >= 0.3 is 0 Å². The standard InChI is InChI=1S/C13H14ClN5/c14-9-3-1-2-4-10(9)17-12-8-5-6-16-7-11(8)18-13(15)19-12/h1-4,16H,5-7H2,(H3,15,17,18,19). The summed E-state index contributed by atoms with van der Waals surface area (Å²) in [4.78, 5) is 8.56. The molecule has 5 nitrogen and oxygen atoms in total. The van der Waals surface area contributed by atoms with Crippen molar-refractivity contribution in [2.24, 2.45) is 0 Å². The van der Waals surface area contributed by atoms with Crippen molar-refractivity contribution in [3.8, 4) is 0 Å². The lowest BCUT2D eigenvalue weighted by Crippen LogP contribution is -2.26. The zero-order chi connectivity index (χ0) is 13.2. The first-order valence-corrected chi connectivity index (χ1v) is 6.49. The van der Waals surface area contributed by atoms with Gasteiger partial charge in [-0.3, -0.25) is 0 Å². The van der Waals surface area contributed by atoms with Gasteiger partial charge in [0.1, 0.15) is 5.82 Å². The Morgan fingerprint density at radius 3 is 2.95 bits per heavy atom. The van der Waals surface area contributed by atoms with Crippen LogP contribution in [0.1, 0.15) is 11.3 Å². The molecule has 98 valence electrons. The van der Waals surface area contributed by atoms with E-state index < -0.39 is 0 Å². The molecular formula is C13H14ClN5. The van der Waals surface area contributed by atoms with Crippen molar-refractivity contribution in [2.45, 2.75) is 13.0 Å². The zero-order valence-corrected chi connectivity index (χ0v) is 11.0. The van der Waals surface area contributed by atoms with E-state index in [1.165, 1.54) is 0 Å². The van der Waals surface area contributed by atoms with Gasteiger partial charge in [-0.05, 0) is 25.1 Å². The predicted molar refractivity (Wildman–Crippen MR) is 76.6 cm³/mol. The largest absolute Gasteiger partial charge is 0.368 e. The van der Waals surface area contributed by atoms with Crippen LogP contribution in [0.3, 0.4) is 0 Å². The van der Waals surface area contributed by atoms with E-state index in [1.54, 1.807) is 0 Å². The Balaban J connectivity index is 2.01. The maximum atomic E-state index is 6.15. The van der Waals surface area contributed by atoms with Gasteiger partial charge < -0.3 is 16.4 Å². The molecule has 0 saturated heterocycles. The summed E-state index contributed by atoms with van der Waals surface area (Å²) in [7, 11) is 0. The number of nitrogens with two attached hydrogens (primary N) is 1. The summed E-state index contributed by atoms with van der Waals surface area (Å²) >= 11 is 6.15. The first-order valence-electron chi connectivity index (χ1n) is 6.11. The van der Waals surface area contributed by atoms with Crippen LogP contribution < -0.4 is 16.4 Å². The number of benzene rings is 1. The number of nitrogens with zero attached hydrogens (tertiary/aromatic N) is 2. The summed E-state index contributed by atoms with van der Waals surface area (Å²) in [5, 5.41) is 7.18. The highest BCUT2D eigenvalue weighted by Gasteiger charge is 2.17. The summed E-state index contributed by atoms with van der Waals surface area (Å²) in [6.45, 7) is 1.64. The quantitative estimate of drug-likeness (QED) is 0.783. The maximum absolute atomic E-state index is 6.15. The molecule has 1 aromatic carbocycles. The highest BCUT2D eigenvalue weighted by Crippen LogP contribution is 2.28. The van der Waals surface area contributed by atoms with Gasteiger partial charge in [-0.15, -0.1) is 0 Å². The lowest BCUT2D eigenvalue weighted by molar-refractivity contribution is 0.626. The maximum Gasteiger partial charge on any atom is 0.222 e. The molecule has 1 aliphatic heterocycles. The van der Waals surface area contributed by atoms with Crippen molar-refractivity contribution in [1.29, 1.82) is 0 Å². The van der Waals surface area contributed by atoms with E-state index in [-0.39, 0.29) is 5.95 Å². The molecule has 4 N–H and O–H groups in total. The molecule has 0 spiro atoms. The van der Waals surface area contributed by atoms with Gasteiger partial charge in [0.15, 0.2) is 0 Å². The van der Waals surface area contributed by atoms with E-state index in [4.69, 9.17) is 17.3 Å². The smallest absolute Gasteiger partial charge is 0.222 e. The number of nitrogens with one attached hydrogen (secondary N) is 2. The second-order valence-corrected chi connectivity index (χ2v) is 4.79. The fourth-order valence-electron chi connectivity index (χ4n) is 2.17. The van der Waals surface area contributed by atoms with Crippen molar-refractivity contribution >= 4 is 29.1 Å². The first kappa shape index (κ1) is 12.2. The Bertz CT molecular complexity index is 614. The van der Waals surface area contributed by atoms with Crippen LogP contribution in [0.15, 0.2) is 24.3 Å². The van der Waals surface area contributed by atoms with Crippen molar-refractivity contribution in [3.05, 3.63) is 40.5 Å². The minimum Gasteiger partial charge on any atom is -0.368 e. The average molecular weight is 276 g/mol. The Kier molecular flexibility index (Phi) is 3.23. The topological polar surface area (TPSA) is 75.9 Å². The second kappa shape index (κ2) is 5.03. The van der Waals surface area contributed by atoms with E-state index in [2.05, 4.69) is 20.6 Å². The zero-order valence-electron chi connectivity index (χ0n) is 10.3. The molecule has 6 heteroatoms. The van der Waals surface area contributed by atoms with Crippen molar-refractivity contribution in [2.75, 3.05) is 17.6 Å². The number of nitrogen functional groups attached to an aromatic ring is 1. The monoisotopic (exact) mass is 275 g/mol. The summed E-state index contributed by atoms with van der Waals surface area (Å²) in [6.07, 6.45) is 0.877. The molecule has 0 atom stereocenters. The SMILES string of the molecule is Nc1nc2c(c(Nc3ccccc3Cl)n1)CCNC2. The predicted octanol–water partition coefficient (Wildman–Crippen LogP) is 2.10. The number of para-hydroxylation sites is 1. The summed E-state index contributed by atoms with van der Waals surface area (Å²) in [5.41, 5.74) is 8.63. The molecule has 0 radical (unpaired) electrons. The number of halogens is 1. The molecule has 0 amide bonds. The fraction of sp³-hybridized carbons (Fsp3) is 0.231. The molecule has 19 heavy (non-hydrogen) atoms. The summed E-state index contributed by atoms with van der Waals surface area (Å²) < 4.78 is 0. The molecule has 0 aliphatic carbocycles. The van der Waals surface area contributed by atoms with Gasteiger partial charge in [-0.1, -0.05) is 23.7 Å². The van der Waals surface area contributed by atoms with Crippen LogP contribution in [-0.4, -0.2) is 16.5 Å². The van der Waals surface area contributed by atoms with Crippen LogP contribution in [-0.2, 0) is 13.0 Å². The fourth-order valence-corrected chi connectivity index (χ4v) is 2.36. The minimum absolute atomic E-state index is 0.275. The normalized spacial score (nSPS) is 13.9. The third-order valence-corrected chi connectivity index (χ3v) is 3.41. The van der Waals surface area contributed by atoms with E-state index in [1.807, 2.05) is 24.3 Å². The van der Waals surface area contributed by atoms with Gasteiger partial charge in [-0.25, -0.2) is 4.98 Å². The minimum atomic E-state index is 0.275. The number of rotatable bonds is 2. The molecule has 0 saturated carbocycles. The lowest BCUT2D eigenvalue weighted by atomic mass is 10.1. The van der Waals surface area contributed by atoms with Gasteiger partial charge in [0.05, 0.1) is 16.4 Å². The van der Waals surface area contributed by atoms with Crippen molar-refractivity contribution in [3.63, 3.8) is 0 Å². The second-order valence-electron chi connectivity index (χ2n) is 4.39. The molecule has 1 aromatic heterocycles. The van der Waals surface area contributed by atoms with Gasteiger partial charge in [0.25, 0.3) is 0 Å². The summed E-state index contributed by atoms with van der Waals surface area (Å²) in [5.74, 6) is 1.02. The van der Waals surface area contributed by atoms with Crippen LogP contribution >= 0.6 is 11.6 Å². The third kappa shape index (κ3) is 2.47. The van der Waals surface area contributed by atoms with Crippen molar-refractivity contribution in [1.82, 2.24) is 15.3 Å². The Labute approximate surface area is 116 Å². The third-order valence-electron chi connectivity index (χ3n) is 3.08. The van der Waals surface area contributed by atoms with E-state index in [0.29, 0.717) is 5.02 Å². The van der Waals surface area contributed by atoms with Gasteiger partial charge in [0, 0.05) is 12.1 Å². The Hall–Kier alpha value is -1.85. The average Bonchev–Trinajstić information content (AvgIpc) is 2.41. The molecule has 3 rings (SSSR count). The number of anilines is 3. The van der Waals surface area contributed by atoms with E-state index in [9.17, 15) is 0 Å². The molecule has 2 aromatic rings. The number of aromatic nitrogens is 2. The van der Waals surface area contributed by atoms with Crippen LogP contribution in [0, 0.1) is 0 Å². The molecule has 0 fully saturated rings. The van der Waals surface area contributed by atoms with Crippen LogP contribution in [0.25, 0.3) is 0 Å². The summed E-state index contributed by atoms with van der Waals surface area (Å²) in [6, 6.07) is 7.56. The van der Waals surface area contributed by atoms with Crippen LogP contribution in [0.5, 0.6) is 0 Å². The van der Waals surface area contributed by atoms with Crippen LogP contribution in [0.4, 0.5) is 17.5 Å². The Morgan fingerprint density at radius 1 is 1.26 bits per heavy atom. The molecule has 1 aliphatic rings. The number of hydrogen-bond acceptors (Lipinski definition) is 5. The number of hydrogen-bond donors (Lipinski definition) is 3. The Morgan fingerprint density at radius 2 is 2.11 bits per heavy atom. The van der Waals surface area contributed by atoms with Crippen molar-refractivity contribution < 1.29 is 0 Å². The van der Waals surface area contributed by atoms with E-state index in [0.717, 1.165) is 42.3 Å².